The molecule has 0 aromatic heterocycles. The van der Waals surface area contributed by atoms with Gasteiger partial charge in [0.25, 0.3) is 0 Å². The molecule has 0 aromatic carbocycles. The zero-order valence-corrected chi connectivity index (χ0v) is 14.8. The number of carboxylic acid groups (broad SMARTS) is 1. The highest BCUT2D eigenvalue weighted by atomic mass is 32.2. The number of hydrogen-bond donors (Lipinski definition) is 1. The first kappa shape index (κ1) is 18.3. The average Bonchev–Trinajstić information content (AvgIpc) is 2.98. The second kappa shape index (κ2) is 8.18. The lowest BCUT2D eigenvalue weighted by molar-refractivity contribution is -0.149. The highest BCUT2D eigenvalue weighted by Gasteiger charge is 2.43. The van der Waals surface area contributed by atoms with Crippen LogP contribution in [-0.4, -0.2) is 45.3 Å². The van der Waals surface area contributed by atoms with Gasteiger partial charge in [0.1, 0.15) is 6.04 Å². The summed E-state index contributed by atoms with van der Waals surface area (Å²) in [6, 6.07) is -0.695. The average molecular weight is 341 g/mol. The van der Waals surface area contributed by atoms with Crippen LogP contribution in [0.15, 0.2) is 0 Å². The molecular formula is C17H27NO4S. The lowest BCUT2D eigenvalue weighted by atomic mass is 9.79. The van der Waals surface area contributed by atoms with E-state index in [1.807, 2.05) is 0 Å². The summed E-state index contributed by atoms with van der Waals surface area (Å²) in [5.74, 6) is -0.0489. The quantitative estimate of drug-likeness (QED) is 0.832. The van der Waals surface area contributed by atoms with Crippen LogP contribution in [0.2, 0.25) is 0 Å². The Labute approximate surface area is 142 Å². The molecule has 1 unspecified atom stereocenters. The molecule has 1 heterocycles. The molecule has 2 fully saturated rings. The third-order valence-corrected chi connectivity index (χ3v) is 6.25. The number of likely N-dealkylation sites (tertiary alicyclic amines) is 1. The predicted octanol–water partition coefficient (Wildman–Crippen LogP) is 2.78. The Morgan fingerprint density at radius 3 is 2.39 bits per heavy atom. The van der Waals surface area contributed by atoms with Crippen LogP contribution in [0.25, 0.3) is 0 Å². The van der Waals surface area contributed by atoms with Crippen LogP contribution in [0.4, 0.5) is 0 Å². The van der Waals surface area contributed by atoms with Crippen molar-refractivity contribution in [3.05, 3.63) is 0 Å². The van der Waals surface area contributed by atoms with Crippen LogP contribution in [0.5, 0.6) is 0 Å². The smallest absolute Gasteiger partial charge is 0.326 e. The van der Waals surface area contributed by atoms with E-state index in [-0.39, 0.29) is 16.9 Å². The standard InChI is InChI=1S/C17H27NO4S/c1-11(10-23-12(2)19)16(20)18-9-14(8-15(18)17(21)22)13-6-4-3-5-7-13/h11,13-15H,3-10H2,1-2H3,(H,21,22)/t11?,14-,15-/m0/s1. The van der Waals surface area contributed by atoms with Crippen molar-refractivity contribution in [2.45, 2.75) is 58.4 Å². The Kier molecular flexibility index (Phi) is 6.50. The monoisotopic (exact) mass is 341 g/mol. The fourth-order valence-electron chi connectivity index (χ4n) is 3.89. The molecule has 0 spiro atoms. The number of carbonyl (C=O) groups excluding carboxylic acids is 2. The summed E-state index contributed by atoms with van der Waals surface area (Å²) in [6.45, 7) is 3.83. The molecule has 23 heavy (non-hydrogen) atoms. The maximum atomic E-state index is 12.6. The lowest BCUT2D eigenvalue weighted by Crippen LogP contribution is -2.43. The first-order valence-corrected chi connectivity index (χ1v) is 9.55. The third-order valence-electron chi connectivity index (χ3n) is 5.18. The van der Waals surface area contributed by atoms with Crippen LogP contribution in [0.1, 0.15) is 52.4 Å². The molecule has 0 bridgehead atoms. The van der Waals surface area contributed by atoms with E-state index in [4.69, 9.17) is 0 Å². The van der Waals surface area contributed by atoms with E-state index >= 15 is 0 Å². The predicted molar refractivity (Wildman–Crippen MR) is 90.1 cm³/mol. The summed E-state index contributed by atoms with van der Waals surface area (Å²) in [6.07, 6.45) is 6.62. The Morgan fingerprint density at radius 2 is 1.83 bits per heavy atom. The number of carboxylic acids is 1. The number of amides is 1. The minimum absolute atomic E-state index is 0.0130. The van der Waals surface area contributed by atoms with Crippen molar-refractivity contribution < 1.29 is 19.5 Å². The highest BCUT2D eigenvalue weighted by Crippen LogP contribution is 2.38. The Bertz CT molecular complexity index is 462. The summed E-state index contributed by atoms with van der Waals surface area (Å²) in [4.78, 5) is 36.8. The number of rotatable bonds is 5. The van der Waals surface area contributed by atoms with Gasteiger partial charge in [0.2, 0.25) is 5.91 Å². The third kappa shape index (κ3) is 4.72. The van der Waals surface area contributed by atoms with Gasteiger partial charge in [-0.15, -0.1) is 0 Å². The van der Waals surface area contributed by atoms with Gasteiger partial charge in [-0.2, -0.15) is 0 Å². The maximum Gasteiger partial charge on any atom is 0.326 e. The molecule has 130 valence electrons. The number of thioether (sulfide) groups is 1. The van der Waals surface area contributed by atoms with E-state index in [0.29, 0.717) is 30.6 Å². The Morgan fingerprint density at radius 1 is 1.17 bits per heavy atom. The SMILES string of the molecule is CC(=O)SCC(C)C(=O)N1C[C@@H](C2CCCCC2)C[C@H]1C(=O)O. The molecule has 2 rings (SSSR count). The molecule has 6 heteroatoms. The molecule has 0 radical (unpaired) electrons. The minimum Gasteiger partial charge on any atom is -0.480 e. The number of nitrogens with zero attached hydrogens (tertiary/aromatic N) is 1. The normalized spacial score (nSPS) is 27.0. The van der Waals surface area contributed by atoms with Crippen LogP contribution < -0.4 is 0 Å². The van der Waals surface area contributed by atoms with Crippen LogP contribution in [0, 0.1) is 17.8 Å². The Hall–Kier alpha value is -1.04. The second-order valence-electron chi connectivity index (χ2n) is 6.94. The van der Waals surface area contributed by atoms with Gasteiger partial charge in [-0.1, -0.05) is 50.8 Å². The molecule has 0 aromatic rings. The van der Waals surface area contributed by atoms with E-state index in [9.17, 15) is 19.5 Å². The summed E-state index contributed by atoms with van der Waals surface area (Å²) >= 11 is 1.13. The van der Waals surface area contributed by atoms with E-state index in [1.54, 1.807) is 11.8 Å². The lowest BCUT2D eigenvalue weighted by Gasteiger charge is -2.28. The van der Waals surface area contributed by atoms with Crippen LogP contribution >= 0.6 is 11.8 Å². The molecular weight excluding hydrogens is 314 g/mol. The van der Waals surface area contributed by atoms with Gasteiger partial charge < -0.3 is 10.0 Å². The van der Waals surface area contributed by atoms with Gasteiger partial charge >= 0.3 is 5.97 Å². The van der Waals surface area contributed by atoms with Crippen LogP contribution in [0.3, 0.4) is 0 Å². The molecule has 1 aliphatic heterocycles. The van der Waals surface area contributed by atoms with Gasteiger partial charge in [-0.05, 0) is 18.3 Å². The number of aliphatic carboxylic acids is 1. The molecule has 1 N–H and O–H groups in total. The fourth-order valence-corrected chi connectivity index (χ4v) is 4.52. The van der Waals surface area contributed by atoms with Gasteiger partial charge in [0.05, 0.1) is 0 Å². The van der Waals surface area contributed by atoms with Gasteiger partial charge in [-0.25, -0.2) is 4.79 Å². The highest BCUT2D eigenvalue weighted by molar-refractivity contribution is 8.13. The molecule has 1 aliphatic carbocycles. The van der Waals surface area contributed by atoms with Gasteiger partial charge in [0.15, 0.2) is 5.12 Å². The Balaban J connectivity index is 2.01. The maximum absolute atomic E-state index is 12.6. The number of hydrogen-bond acceptors (Lipinski definition) is 4. The summed E-state index contributed by atoms with van der Waals surface area (Å²) in [5, 5.41) is 9.48. The van der Waals surface area contributed by atoms with E-state index in [1.165, 1.54) is 26.2 Å². The minimum atomic E-state index is -0.900. The van der Waals surface area contributed by atoms with Crippen LogP contribution in [-0.2, 0) is 14.4 Å². The summed E-state index contributed by atoms with van der Waals surface area (Å²) < 4.78 is 0. The first-order chi connectivity index (χ1) is 10.9. The van der Waals surface area contributed by atoms with Gasteiger partial charge in [-0.3, -0.25) is 9.59 Å². The zero-order valence-electron chi connectivity index (χ0n) is 14.0. The first-order valence-electron chi connectivity index (χ1n) is 8.56. The number of carbonyl (C=O) groups is 3. The van der Waals surface area contributed by atoms with E-state index in [2.05, 4.69) is 0 Å². The largest absolute Gasteiger partial charge is 0.480 e. The van der Waals surface area contributed by atoms with E-state index in [0.717, 1.165) is 24.6 Å². The topological polar surface area (TPSA) is 74.7 Å². The van der Waals surface area contributed by atoms with Crippen molar-refractivity contribution in [3.8, 4) is 0 Å². The van der Waals surface area contributed by atoms with Crippen molar-refractivity contribution in [1.29, 1.82) is 0 Å². The van der Waals surface area contributed by atoms with Crippen molar-refractivity contribution in [1.82, 2.24) is 4.90 Å². The molecule has 2 aliphatic rings. The van der Waals surface area contributed by atoms with Crippen molar-refractivity contribution in [3.63, 3.8) is 0 Å². The molecule has 5 nitrogen and oxygen atoms in total. The fraction of sp³-hybridized carbons (Fsp3) is 0.824. The van der Waals surface area contributed by atoms with E-state index < -0.39 is 12.0 Å². The van der Waals surface area contributed by atoms with Gasteiger partial charge in [0, 0.05) is 25.1 Å². The van der Waals surface area contributed by atoms with Crippen molar-refractivity contribution in [2.24, 2.45) is 17.8 Å². The van der Waals surface area contributed by atoms with Crippen molar-refractivity contribution >= 4 is 28.8 Å². The molecule has 3 atom stereocenters. The molecule has 1 saturated heterocycles. The zero-order chi connectivity index (χ0) is 17.0. The van der Waals surface area contributed by atoms with Crippen molar-refractivity contribution in [2.75, 3.05) is 12.3 Å². The second-order valence-corrected chi connectivity index (χ2v) is 8.14. The molecule has 1 amide bonds. The molecule has 1 saturated carbocycles. The summed E-state index contributed by atoms with van der Waals surface area (Å²) in [7, 11) is 0. The summed E-state index contributed by atoms with van der Waals surface area (Å²) in [5.41, 5.74) is 0.